The first-order valence-corrected chi connectivity index (χ1v) is 7.26. The Hall–Kier alpha value is -0.480. The van der Waals surface area contributed by atoms with Crippen LogP contribution in [0, 0.1) is 5.92 Å². The highest BCUT2D eigenvalue weighted by atomic mass is 35.5. The number of halogens is 3. The van der Waals surface area contributed by atoms with Gasteiger partial charge in [0.15, 0.2) is 0 Å². The summed E-state index contributed by atoms with van der Waals surface area (Å²) in [5.74, 6) is 0.615. The highest BCUT2D eigenvalue weighted by Gasteiger charge is 2.20. The summed E-state index contributed by atoms with van der Waals surface area (Å²) in [5.41, 5.74) is 0.785. The van der Waals surface area contributed by atoms with Crippen LogP contribution < -0.4 is 10.2 Å². The fourth-order valence-corrected chi connectivity index (χ4v) is 2.60. The Morgan fingerprint density at radius 2 is 1.95 bits per heavy atom. The van der Waals surface area contributed by atoms with Crippen molar-refractivity contribution in [3.8, 4) is 0 Å². The van der Waals surface area contributed by atoms with Crippen LogP contribution in [0.15, 0.2) is 18.2 Å². The number of hydrogen-bond acceptors (Lipinski definition) is 2. The zero-order valence-electron chi connectivity index (χ0n) is 11.4. The number of anilines is 1. The van der Waals surface area contributed by atoms with Crippen LogP contribution in [0.2, 0.25) is 10.0 Å². The van der Waals surface area contributed by atoms with Gasteiger partial charge >= 0.3 is 0 Å². The van der Waals surface area contributed by atoms with E-state index in [9.17, 15) is 4.79 Å². The lowest BCUT2D eigenvalue weighted by Gasteiger charge is -2.25. The number of carbonyl (C=O) groups excluding carboxylic acids is 1. The van der Waals surface area contributed by atoms with Gasteiger partial charge in [0.2, 0.25) is 5.91 Å². The van der Waals surface area contributed by atoms with E-state index in [1.807, 2.05) is 6.07 Å². The second kappa shape index (κ2) is 8.08. The summed E-state index contributed by atoms with van der Waals surface area (Å²) in [4.78, 5) is 13.9. The summed E-state index contributed by atoms with van der Waals surface area (Å²) in [6, 6.07) is 5.26. The van der Waals surface area contributed by atoms with E-state index >= 15 is 0 Å². The molecule has 1 fully saturated rings. The van der Waals surface area contributed by atoms with E-state index in [2.05, 4.69) is 5.32 Å². The average Bonchev–Trinajstić information content (AvgIpc) is 2.42. The molecule has 0 bridgehead atoms. The first kappa shape index (κ1) is 17.6. The molecule has 20 heavy (non-hydrogen) atoms. The molecule has 1 aromatic carbocycles. The van der Waals surface area contributed by atoms with Crippen LogP contribution >= 0.6 is 35.6 Å². The highest BCUT2D eigenvalue weighted by molar-refractivity contribution is 6.42. The van der Waals surface area contributed by atoms with Gasteiger partial charge in [0.05, 0.1) is 10.0 Å². The maximum atomic E-state index is 12.2. The Morgan fingerprint density at radius 3 is 2.55 bits per heavy atom. The van der Waals surface area contributed by atoms with Crippen molar-refractivity contribution in [1.29, 1.82) is 0 Å². The minimum absolute atomic E-state index is 0. The number of benzene rings is 1. The van der Waals surface area contributed by atoms with Gasteiger partial charge in [-0.1, -0.05) is 23.2 Å². The molecular formula is C14H19Cl3N2O. The molecule has 1 heterocycles. The summed E-state index contributed by atoms with van der Waals surface area (Å²) in [6.45, 7) is 2.02. The second-order valence-electron chi connectivity index (χ2n) is 4.95. The van der Waals surface area contributed by atoms with Gasteiger partial charge < -0.3 is 10.2 Å². The third-order valence-electron chi connectivity index (χ3n) is 3.59. The normalized spacial score (nSPS) is 15.6. The van der Waals surface area contributed by atoms with E-state index in [1.54, 1.807) is 24.1 Å². The monoisotopic (exact) mass is 336 g/mol. The molecule has 112 valence electrons. The van der Waals surface area contributed by atoms with Gasteiger partial charge in [0.1, 0.15) is 0 Å². The van der Waals surface area contributed by atoms with Crippen LogP contribution in [0.1, 0.15) is 19.3 Å². The van der Waals surface area contributed by atoms with E-state index in [0.717, 1.165) is 31.6 Å². The van der Waals surface area contributed by atoms with Gasteiger partial charge in [-0.15, -0.1) is 12.4 Å². The topological polar surface area (TPSA) is 32.3 Å². The smallest absolute Gasteiger partial charge is 0.226 e. The number of carbonyl (C=O) groups is 1. The molecule has 1 aliphatic heterocycles. The third-order valence-corrected chi connectivity index (χ3v) is 4.33. The molecule has 1 aromatic rings. The summed E-state index contributed by atoms with van der Waals surface area (Å²) in [5, 5.41) is 4.28. The van der Waals surface area contributed by atoms with Crippen LogP contribution in [-0.4, -0.2) is 26.0 Å². The Morgan fingerprint density at radius 1 is 1.30 bits per heavy atom. The van der Waals surface area contributed by atoms with Crippen molar-refractivity contribution in [3.05, 3.63) is 28.2 Å². The fourth-order valence-electron chi connectivity index (χ4n) is 2.31. The molecule has 1 N–H and O–H groups in total. The van der Waals surface area contributed by atoms with Crippen LogP contribution in [0.4, 0.5) is 5.69 Å². The predicted octanol–water partition coefficient (Wildman–Crippen LogP) is 3.77. The summed E-state index contributed by atoms with van der Waals surface area (Å²) in [7, 11) is 1.78. The maximum absolute atomic E-state index is 12.2. The van der Waals surface area contributed by atoms with E-state index < -0.39 is 0 Å². The molecule has 0 unspecified atom stereocenters. The van der Waals surface area contributed by atoms with Crippen molar-refractivity contribution in [2.24, 2.45) is 5.92 Å². The lowest BCUT2D eigenvalue weighted by Crippen LogP contribution is -2.33. The van der Waals surface area contributed by atoms with Gasteiger partial charge in [-0.05, 0) is 50.0 Å². The van der Waals surface area contributed by atoms with E-state index in [4.69, 9.17) is 23.2 Å². The van der Waals surface area contributed by atoms with Crippen LogP contribution in [0.5, 0.6) is 0 Å². The van der Waals surface area contributed by atoms with Crippen molar-refractivity contribution in [2.45, 2.75) is 19.3 Å². The zero-order valence-corrected chi connectivity index (χ0v) is 13.7. The number of nitrogens with zero attached hydrogens (tertiary/aromatic N) is 1. The molecule has 2 rings (SSSR count). The summed E-state index contributed by atoms with van der Waals surface area (Å²) < 4.78 is 0. The van der Waals surface area contributed by atoms with Crippen molar-refractivity contribution < 1.29 is 4.79 Å². The van der Waals surface area contributed by atoms with E-state index in [0.29, 0.717) is 22.4 Å². The summed E-state index contributed by atoms with van der Waals surface area (Å²) >= 11 is 11.9. The van der Waals surface area contributed by atoms with Gasteiger partial charge in [-0.25, -0.2) is 0 Å². The predicted molar refractivity (Wildman–Crippen MR) is 87.3 cm³/mol. The fraction of sp³-hybridized carbons (Fsp3) is 0.500. The van der Waals surface area contributed by atoms with Crippen molar-refractivity contribution in [1.82, 2.24) is 5.32 Å². The quantitative estimate of drug-likeness (QED) is 0.910. The minimum Gasteiger partial charge on any atom is -0.317 e. The molecule has 0 atom stereocenters. The number of piperidine rings is 1. The number of nitrogens with one attached hydrogen (secondary N) is 1. The molecule has 3 nitrogen and oxygen atoms in total. The van der Waals surface area contributed by atoms with Crippen molar-refractivity contribution in [3.63, 3.8) is 0 Å². The van der Waals surface area contributed by atoms with Gasteiger partial charge in [-0.2, -0.15) is 0 Å². The van der Waals surface area contributed by atoms with Gasteiger partial charge in [0.25, 0.3) is 0 Å². The second-order valence-corrected chi connectivity index (χ2v) is 5.76. The number of hydrogen-bond donors (Lipinski definition) is 1. The average molecular weight is 338 g/mol. The van der Waals surface area contributed by atoms with Gasteiger partial charge in [-0.3, -0.25) is 4.79 Å². The molecule has 0 radical (unpaired) electrons. The minimum atomic E-state index is 0. The van der Waals surface area contributed by atoms with Gasteiger partial charge in [0, 0.05) is 19.2 Å². The van der Waals surface area contributed by atoms with Crippen molar-refractivity contribution >= 4 is 47.2 Å². The Kier molecular flexibility index (Phi) is 7.10. The Bertz CT molecular complexity index is 462. The lowest BCUT2D eigenvalue weighted by atomic mass is 9.94. The zero-order chi connectivity index (χ0) is 13.8. The standard InChI is InChI=1S/C14H18Cl2N2O.ClH/c1-18(11-2-3-12(15)13(16)9-11)14(19)8-10-4-6-17-7-5-10;/h2-3,9-10,17H,4-8H2,1H3;1H. The molecule has 1 amide bonds. The molecule has 1 aliphatic rings. The van der Waals surface area contributed by atoms with E-state index in [1.165, 1.54) is 0 Å². The molecular weight excluding hydrogens is 319 g/mol. The molecule has 6 heteroatoms. The highest BCUT2D eigenvalue weighted by Crippen LogP contribution is 2.27. The van der Waals surface area contributed by atoms with Crippen LogP contribution in [0.25, 0.3) is 0 Å². The lowest BCUT2D eigenvalue weighted by molar-refractivity contribution is -0.119. The Labute approximate surface area is 136 Å². The Balaban J connectivity index is 0.00000200. The first-order valence-electron chi connectivity index (χ1n) is 6.50. The number of rotatable bonds is 3. The molecule has 0 aromatic heterocycles. The van der Waals surface area contributed by atoms with Crippen molar-refractivity contribution in [2.75, 3.05) is 25.0 Å². The molecule has 0 saturated carbocycles. The number of amides is 1. The first-order chi connectivity index (χ1) is 9.08. The summed E-state index contributed by atoms with van der Waals surface area (Å²) in [6.07, 6.45) is 2.74. The third kappa shape index (κ3) is 4.52. The SMILES string of the molecule is CN(C(=O)CC1CCNCC1)c1ccc(Cl)c(Cl)c1.Cl. The molecule has 0 spiro atoms. The largest absolute Gasteiger partial charge is 0.317 e. The maximum Gasteiger partial charge on any atom is 0.226 e. The van der Waals surface area contributed by atoms with Crippen LogP contribution in [-0.2, 0) is 4.79 Å². The van der Waals surface area contributed by atoms with Crippen LogP contribution in [0.3, 0.4) is 0 Å². The molecule has 0 aliphatic carbocycles. The van der Waals surface area contributed by atoms with E-state index in [-0.39, 0.29) is 18.3 Å². The molecule has 1 saturated heterocycles.